The lowest BCUT2D eigenvalue weighted by Crippen LogP contribution is -2.74. The number of hydrogen-bond donors (Lipinski definition) is 1. The maximum atomic E-state index is 13.0. The zero-order chi connectivity index (χ0) is 21.5. The first-order valence-electron chi connectivity index (χ1n) is 8.81. The number of rotatable bonds is 4. The second kappa shape index (κ2) is 8.31. The van der Waals surface area contributed by atoms with E-state index in [9.17, 15) is 18.6 Å². The molecular formula is C19H20Br2N2O5S. The summed E-state index contributed by atoms with van der Waals surface area (Å²) in [5.41, 5.74) is 0.165. The molecule has 1 fully saturated rings. The van der Waals surface area contributed by atoms with Gasteiger partial charge in [-0.25, -0.2) is 4.79 Å². The summed E-state index contributed by atoms with van der Waals surface area (Å²) in [6.45, 7) is 5.18. The predicted molar refractivity (Wildman–Crippen MR) is 116 cm³/mol. The predicted octanol–water partition coefficient (Wildman–Crippen LogP) is 2.43. The maximum absolute atomic E-state index is 13.0. The van der Waals surface area contributed by atoms with Crippen LogP contribution in [0.15, 0.2) is 41.6 Å². The number of alkyl halides is 2. The number of nitrogens with zero attached hydrogens (tertiary/aromatic N) is 1. The maximum Gasteiger partial charge on any atom is 0.355 e. The molecule has 3 rings (SSSR count). The lowest BCUT2D eigenvalue weighted by Gasteiger charge is -2.50. The average Bonchev–Trinajstić information content (AvgIpc) is 2.66. The molecule has 1 N–H and O–H groups in total. The van der Waals surface area contributed by atoms with Gasteiger partial charge in [0.15, 0.2) is 0 Å². The first kappa shape index (κ1) is 22.2. The van der Waals surface area contributed by atoms with Crippen LogP contribution in [0.1, 0.15) is 31.1 Å². The van der Waals surface area contributed by atoms with E-state index in [0.29, 0.717) is 11.1 Å². The highest BCUT2D eigenvalue weighted by molar-refractivity contribution is 9.11. The molecule has 2 heterocycles. The molecule has 1 aromatic carbocycles. The van der Waals surface area contributed by atoms with Gasteiger partial charge in [-0.3, -0.25) is 18.7 Å². The van der Waals surface area contributed by atoms with Gasteiger partial charge >= 0.3 is 5.97 Å². The molecule has 4 atom stereocenters. The van der Waals surface area contributed by atoms with Gasteiger partial charge in [0.1, 0.15) is 26.9 Å². The van der Waals surface area contributed by atoms with Crippen LogP contribution in [0.2, 0.25) is 0 Å². The van der Waals surface area contributed by atoms with Gasteiger partial charge in [-0.2, -0.15) is 0 Å². The van der Waals surface area contributed by atoms with Gasteiger partial charge < -0.3 is 10.1 Å². The highest BCUT2D eigenvalue weighted by atomic mass is 79.9. The fraction of sp³-hybridized carbons (Fsp3) is 0.421. The van der Waals surface area contributed by atoms with Crippen molar-refractivity contribution < 1.29 is 23.3 Å². The average molecular weight is 548 g/mol. The molecule has 156 valence electrons. The van der Waals surface area contributed by atoms with Gasteiger partial charge in [0, 0.05) is 10.9 Å². The van der Waals surface area contributed by atoms with Crippen molar-refractivity contribution in [3.63, 3.8) is 0 Å². The number of carbonyl (C=O) groups excluding carboxylic acids is 3. The van der Waals surface area contributed by atoms with E-state index in [2.05, 4.69) is 37.2 Å². The number of nitrogens with one attached hydrogen (secondary N) is 1. The van der Waals surface area contributed by atoms with Crippen molar-refractivity contribution in [2.24, 2.45) is 0 Å². The Balaban J connectivity index is 1.91. The normalized spacial score (nSPS) is 26.5. The topological polar surface area (TPSA) is 92.8 Å². The van der Waals surface area contributed by atoms with E-state index in [1.807, 2.05) is 0 Å². The summed E-state index contributed by atoms with van der Waals surface area (Å²) >= 11 is 6.69. The van der Waals surface area contributed by atoms with Crippen LogP contribution in [0.5, 0.6) is 0 Å². The number of ether oxygens (including phenoxy) is 1. The smallest absolute Gasteiger partial charge is 0.355 e. The van der Waals surface area contributed by atoms with Crippen molar-refractivity contribution in [2.75, 3.05) is 5.33 Å². The highest BCUT2D eigenvalue weighted by Gasteiger charge is 2.59. The van der Waals surface area contributed by atoms with Crippen molar-refractivity contribution in [1.29, 1.82) is 0 Å². The lowest BCUT2D eigenvalue weighted by molar-refractivity contribution is -0.158. The number of amides is 2. The van der Waals surface area contributed by atoms with Crippen LogP contribution in [-0.2, 0) is 25.1 Å². The molecule has 3 unspecified atom stereocenters. The minimum atomic E-state index is -1.58. The molecule has 10 heteroatoms. The van der Waals surface area contributed by atoms with Crippen molar-refractivity contribution in [1.82, 2.24) is 10.2 Å². The number of benzene rings is 1. The third-order valence-electron chi connectivity index (χ3n) is 4.36. The Morgan fingerprint density at radius 3 is 2.41 bits per heavy atom. The Morgan fingerprint density at radius 2 is 1.86 bits per heavy atom. The van der Waals surface area contributed by atoms with E-state index >= 15 is 0 Å². The molecule has 0 aliphatic carbocycles. The van der Waals surface area contributed by atoms with E-state index in [0.717, 1.165) is 0 Å². The summed E-state index contributed by atoms with van der Waals surface area (Å²) in [7, 11) is -1.58. The Kier molecular flexibility index (Phi) is 6.35. The Labute approximate surface area is 187 Å². The minimum Gasteiger partial charge on any atom is -0.455 e. The second-order valence-electron chi connectivity index (χ2n) is 7.57. The number of esters is 1. The zero-order valence-electron chi connectivity index (χ0n) is 16.0. The summed E-state index contributed by atoms with van der Waals surface area (Å²) in [6, 6.07) is 7.45. The van der Waals surface area contributed by atoms with Crippen molar-refractivity contribution >= 4 is 60.4 Å². The molecule has 2 aliphatic rings. The third-order valence-corrected chi connectivity index (χ3v) is 8.28. The van der Waals surface area contributed by atoms with E-state index in [1.54, 1.807) is 51.1 Å². The number of β-lactam (4-membered cyclic amide) rings is 1. The fourth-order valence-corrected chi connectivity index (χ4v) is 6.96. The first-order chi connectivity index (χ1) is 13.6. The molecule has 2 amide bonds. The van der Waals surface area contributed by atoms with Crippen LogP contribution >= 0.6 is 31.9 Å². The molecule has 0 saturated carbocycles. The first-order valence-corrected chi connectivity index (χ1v) is 12.1. The van der Waals surface area contributed by atoms with Crippen molar-refractivity contribution in [3.8, 4) is 0 Å². The van der Waals surface area contributed by atoms with Crippen LogP contribution in [0, 0.1) is 0 Å². The number of carbonyl (C=O) groups is 3. The summed E-state index contributed by atoms with van der Waals surface area (Å²) in [5.74, 6) is -1.61. The summed E-state index contributed by atoms with van der Waals surface area (Å²) in [5, 5.41) is 2.02. The van der Waals surface area contributed by atoms with Crippen LogP contribution in [0.4, 0.5) is 0 Å². The monoisotopic (exact) mass is 546 g/mol. The molecule has 7 nitrogen and oxygen atoms in total. The highest BCUT2D eigenvalue weighted by Crippen LogP contribution is 2.41. The fourth-order valence-electron chi connectivity index (χ4n) is 3.09. The molecule has 0 bridgehead atoms. The quantitative estimate of drug-likeness (QED) is 0.355. The lowest BCUT2D eigenvalue weighted by atomic mass is 10.0. The van der Waals surface area contributed by atoms with Gasteiger partial charge in [0.25, 0.3) is 11.8 Å². The van der Waals surface area contributed by atoms with E-state index in [-0.39, 0.29) is 11.0 Å². The molecule has 1 aromatic rings. The van der Waals surface area contributed by atoms with Crippen LogP contribution in [0.25, 0.3) is 0 Å². The number of fused-ring (bicyclic) bond motifs is 1. The summed E-state index contributed by atoms with van der Waals surface area (Å²) in [4.78, 5) is 39.3. The van der Waals surface area contributed by atoms with Crippen LogP contribution < -0.4 is 5.32 Å². The van der Waals surface area contributed by atoms with Crippen LogP contribution in [0.3, 0.4) is 0 Å². The zero-order valence-corrected chi connectivity index (χ0v) is 20.0. The third kappa shape index (κ3) is 4.20. The Morgan fingerprint density at radius 1 is 1.24 bits per heavy atom. The van der Waals surface area contributed by atoms with Gasteiger partial charge in [-0.1, -0.05) is 50.1 Å². The van der Waals surface area contributed by atoms with Gasteiger partial charge in [0.05, 0.1) is 10.8 Å². The van der Waals surface area contributed by atoms with Gasteiger partial charge in [-0.15, -0.1) is 0 Å². The largest absolute Gasteiger partial charge is 0.455 e. The Bertz CT molecular complexity index is 913. The standard InChI is InChI=1S/C19H20Br2N2O5S/c1-19(2,3)28-18(26)13-11(9-20)14(21)29(27)17-12(16(25)23(13)17)22-15(24)10-7-5-4-6-8-10/h4-8,12,14,17H,9H2,1-3H3,(H,22,24)/t12?,14?,17-,29?/m0/s1. The molecule has 2 aliphatic heterocycles. The van der Waals surface area contributed by atoms with E-state index < -0.39 is 49.8 Å². The summed E-state index contributed by atoms with van der Waals surface area (Å²) < 4.78 is 17.8. The molecular weight excluding hydrogens is 528 g/mol. The van der Waals surface area contributed by atoms with E-state index in [4.69, 9.17) is 4.74 Å². The molecule has 0 radical (unpaired) electrons. The SMILES string of the molecule is CC(C)(C)OC(=O)C1=C(CBr)C(Br)S(=O)[C@H]2C(NC(=O)c3ccccc3)C(=O)N12. The molecule has 1 saturated heterocycles. The number of hydrogen-bond acceptors (Lipinski definition) is 5. The van der Waals surface area contributed by atoms with Gasteiger partial charge in [0.2, 0.25) is 0 Å². The van der Waals surface area contributed by atoms with E-state index in [1.165, 1.54) is 4.90 Å². The molecule has 0 aromatic heterocycles. The Hall–Kier alpha value is -1.52. The van der Waals surface area contributed by atoms with Gasteiger partial charge in [-0.05, 0) is 38.5 Å². The minimum absolute atomic E-state index is 0.0680. The second-order valence-corrected chi connectivity index (χ2v) is 11.3. The summed E-state index contributed by atoms with van der Waals surface area (Å²) in [6.07, 6.45) is 0. The van der Waals surface area contributed by atoms with Crippen molar-refractivity contribution in [3.05, 3.63) is 47.2 Å². The van der Waals surface area contributed by atoms with Crippen molar-refractivity contribution in [2.45, 2.75) is 41.9 Å². The molecule has 0 spiro atoms. The number of halogens is 2. The van der Waals surface area contributed by atoms with Crippen LogP contribution in [-0.4, -0.2) is 53.4 Å². The molecule has 29 heavy (non-hydrogen) atoms.